The summed E-state index contributed by atoms with van der Waals surface area (Å²) >= 11 is 0. The van der Waals surface area contributed by atoms with Crippen LogP contribution in [-0.2, 0) is 0 Å². The first-order valence-corrected chi connectivity index (χ1v) is 3.96. The minimum atomic E-state index is 0.665. The van der Waals surface area contributed by atoms with E-state index in [2.05, 4.69) is 10.4 Å². The molecule has 4 nitrogen and oxygen atoms in total. The predicted molar refractivity (Wildman–Crippen MR) is 52.1 cm³/mol. The van der Waals surface area contributed by atoms with Crippen molar-refractivity contribution in [2.75, 3.05) is 11.2 Å². The topological polar surface area (TPSA) is 55.9 Å². The number of pyridine rings is 1. The third-order valence-electron chi connectivity index (χ3n) is 1.63. The van der Waals surface area contributed by atoms with Crippen molar-refractivity contribution in [2.24, 2.45) is 0 Å². The summed E-state index contributed by atoms with van der Waals surface area (Å²) in [5.41, 5.74) is 9.23. The van der Waals surface area contributed by atoms with E-state index in [-0.39, 0.29) is 0 Å². The molecular weight excluding hydrogens is 164 g/mol. The number of hydrogen-bond acceptors (Lipinski definition) is 3. The van der Waals surface area contributed by atoms with Gasteiger partial charge >= 0.3 is 0 Å². The van der Waals surface area contributed by atoms with Crippen molar-refractivity contribution < 1.29 is 0 Å². The number of hydrogen-bond donors (Lipinski definition) is 2. The average molecular weight is 174 g/mol. The lowest BCUT2D eigenvalue weighted by Gasteiger charge is -2.05. The molecule has 2 aromatic heterocycles. The molecule has 0 aromatic carbocycles. The van der Waals surface area contributed by atoms with Gasteiger partial charge in [0.25, 0.3) is 0 Å². The van der Waals surface area contributed by atoms with Crippen LogP contribution >= 0.6 is 0 Å². The SMILES string of the molecule is Nc1ccc(Nn2cccc2)nc1. The van der Waals surface area contributed by atoms with E-state index in [1.807, 2.05) is 35.3 Å². The third-order valence-corrected chi connectivity index (χ3v) is 1.63. The fourth-order valence-electron chi connectivity index (χ4n) is 1.01. The highest BCUT2D eigenvalue weighted by atomic mass is 15.4. The molecule has 0 spiro atoms. The van der Waals surface area contributed by atoms with E-state index < -0.39 is 0 Å². The van der Waals surface area contributed by atoms with Crippen LogP contribution in [0.2, 0.25) is 0 Å². The summed E-state index contributed by atoms with van der Waals surface area (Å²) in [6.45, 7) is 0. The van der Waals surface area contributed by atoms with E-state index in [9.17, 15) is 0 Å². The molecule has 0 aliphatic rings. The average Bonchev–Trinajstić information content (AvgIpc) is 2.62. The molecule has 0 fully saturated rings. The lowest BCUT2D eigenvalue weighted by Crippen LogP contribution is -2.06. The van der Waals surface area contributed by atoms with Crippen LogP contribution in [0.1, 0.15) is 0 Å². The van der Waals surface area contributed by atoms with Crippen LogP contribution in [0.4, 0.5) is 11.5 Å². The zero-order valence-corrected chi connectivity index (χ0v) is 7.01. The second kappa shape index (κ2) is 3.18. The fraction of sp³-hybridized carbons (Fsp3) is 0. The maximum absolute atomic E-state index is 5.50. The smallest absolute Gasteiger partial charge is 0.144 e. The highest BCUT2D eigenvalue weighted by Gasteiger charge is 1.92. The number of rotatable bonds is 2. The van der Waals surface area contributed by atoms with E-state index >= 15 is 0 Å². The summed E-state index contributed by atoms with van der Waals surface area (Å²) in [6.07, 6.45) is 5.42. The van der Waals surface area contributed by atoms with Gasteiger partial charge in [0.05, 0.1) is 11.9 Å². The molecule has 0 atom stereocenters. The minimum absolute atomic E-state index is 0.665. The number of nitrogen functional groups attached to an aromatic ring is 1. The number of nitrogens with two attached hydrogens (primary N) is 1. The lowest BCUT2D eigenvalue weighted by atomic mass is 10.4. The Morgan fingerprint density at radius 3 is 2.62 bits per heavy atom. The van der Waals surface area contributed by atoms with Gasteiger partial charge in [0.1, 0.15) is 5.82 Å². The van der Waals surface area contributed by atoms with Crippen molar-refractivity contribution in [3.63, 3.8) is 0 Å². The standard InChI is InChI=1S/C9H10N4/c10-8-3-4-9(11-7-8)12-13-5-1-2-6-13/h1-7H,10H2,(H,11,12). The molecular formula is C9H10N4. The zero-order chi connectivity index (χ0) is 9.10. The van der Waals surface area contributed by atoms with Gasteiger partial charge < -0.3 is 5.73 Å². The second-order valence-electron chi connectivity index (χ2n) is 2.68. The summed E-state index contributed by atoms with van der Waals surface area (Å²) in [4.78, 5) is 4.10. The van der Waals surface area contributed by atoms with Gasteiger partial charge in [-0.1, -0.05) is 0 Å². The molecule has 0 saturated carbocycles. The van der Waals surface area contributed by atoms with Crippen molar-refractivity contribution >= 4 is 11.5 Å². The van der Waals surface area contributed by atoms with Crippen LogP contribution in [0.3, 0.4) is 0 Å². The summed E-state index contributed by atoms with van der Waals surface area (Å²) in [5, 5.41) is 0. The van der Waals surface area contributed by atoms with E-state index in [0.29, 0.717) is 5.69 Å². The number of anilines is 2. The molecule has 66 valence electrons. The number of aromatic nitrogens is 2. The molecule has 0 amide bonds. The van der Waals surface area contributed by atoms with Gasteiger partial charge in [-0.2, -0.15) is 0 Å². The first kappa shape index (κ1) is 7.67. The Balaban J connectivity index is 2.15. The molecule has 2 heterocycles. The van der Waals surface area contributed by atoms with Gasteiger partial charge in [0.15, 0.2) is 0 Å². The molecule has 0 aliphatic heterocycles. The minimum Gasteiger partial charge on any atom is -0.397 e. The first-order valence-electron chi connectivity index (χ1n) is 3.96. The number of nitrogens with one attached hydrogen (secondary N) is 1. The van der Waals surface area contributed by atoms with Crippen LogP contribution in [0.5, 0.6) is 0 Å². The normalized spacial score (nSPS) is 9.85. The summed E-state index contributed by atoms with van der Waals surface area (Å²) in [5.74, 6) is 0.769. The predicted octanol–water partition coefficient (Wildman–Crippen LogP) is 1.34. The fourth-order valence-corrected chi connectivity index (χ4v) is 1.01. The van der Waals surface area contributed by atoms with Gasteiger partial charge in [-0.05, 0) is 24.3 Å². The van der Waals surface area contributed by atoms with E-state index in [1.54, 1.807) is 12.3 Å². The van der Waals surface area contributed by atoms with Crippen molar-refractivity contribution in [3.8, 4) is 0 Å². The molecule has 4 heteroatoms. The highest BCUT2D eigenvalue weighted by molar-refractivity contribution is 5.43. The van der Waals surface area contributed by atoms with Gasteiger partial charge in [-0.25, -0.2) is 4.98 Å². The lowest BCUT2D eigenvalue weighted by molar-refractivity contribution is 0.953. The molecule has 0 bridgehead atoms. The molecule has 2 aromatic rings. The van der Waals surface area contributed by atoms with Crippen molar-refractivity contribution in [3.05, 3.63) is 42.9 Å². The molecule has 3 N–H and O–H groups in total. The van der Waals surface area contributed by atoms with Gasteiger partial charge in [-0.15, -0.1) is 0 Å². The largest absolute Gasteiger partial charge is 0.397 e. The summed E-state index contributed by atoms with van der Waals surface area (Å²) in [6, 6.07) is 7.50. The highest BCUT2D eigenvalue weighted by Crippen LogP contribution is 2.05. The maximum atomic E-state index is 5.50. The zero-order valence-electron chi connectivity index (χ0n) is 7.01. The van der Waals surface area contributed by atoms with Crippen LogP contribution in [0, 0.1) is 0 Å². The van der Waals surface area contributed by atoms with E-state index in [4.69, 9.17) is 5.73 Å². The van der Waals surface area contributed by atoms with Crippen LogP contribution in [0.25, 0.3) is 0 Å². The Hall–Kier alpha value is -1.97. The third kappa shape index (κ3) is 1.79. The van der Waals surface area contributed by atoms with Gasteiger partial charge in [0.2, 0.25) is 0 Å². The molecule has 0 unspecified atom stereocenters. The van der Waals surface area contributed by atoms with E-state index in [1.165, 1.54) is 0 Å². The van der Waals surface area contributed by atoms with Gasteiger partial charge in [-0.3, -0.25) is 10.1 Å². The molecule has 0 radical (unpaired) electrons. The molecule has 13 heavy (non-hydrogen) atoms. The first-order chi connectivity index (χ1) is 6.34. The maximum Gasteiger partial charge on any atom is 0.144 e. The number of nitrogens with zero attached hydrogens (tertiary/aromatic N) is 2. The van der Waals surface area contributed by atoms with Gasteiger partial charge in [0, 0.05) is 12.4 Å². The van der Waals surface area contributed by atoms with Crippen LogP contribution < -0.4 is 11.2 Å². The Morgan fingerprint density at radius 2 is 2.00 bits per heavy atom. The van der Waals surface area contributed by atoms with Crippen LogP contribution in [0.15, 0.2) is 42.9 Å². The summed E-state index contributed by atoms with van der Waals surface area (Å²) < 4.78 is 1.82. The van der Waals surface area contributed by atoms with E-state index in [0.717, 1.165) is 5.82 Å². The Bertz CT molecular complexity index is 363. The molecule has 0 saturated heterocycles. The molecule has 2 rings (SSSR count). The van der Waals surface area contributed by atoms with Crippen LogP contribution in [-0.4, -0.2) is 9.66 Å². The molecule has 0 aliphatic carbocycles. The quantitative estimate of drug-likeness (QED) is 0.722. The second-order valence-corrected chi connectivity index (χ2v) is 2.68. The summed E-state index contributed by atoms with van der Waals surface area (Å²) in [7, 11) is 0. The van der Waals surface area contributed by atoms with Crippen molar-refractivity contribution in [1.82, 2.24) is 9.66 Å². The van der Waals surface area contributed by atoms with Crippen molar-refractivity contribution in [2.45, 2.75) is 0 Å². The monoisotopic (exact) mass is 174 g/mol. The Kier molecular flexibility index (Phi) is 1.88. The Labute approximate surface area is 76.0 Å². The Morgan fingerprint density at radius 1 is 1.23 bits per heavy atom. The van der Waals surface area contributed by atoms with Crippen molar-refractivity contribution in [1.29, 1.82) is 0 Å².